The second-order valence-electron chi connectivity index (χ2n) is 4.92. The maximum Gasteiger partial charge on any atom is 0.321 e. The molecule has 2 atom stereocenters. The van der Waals surface area contributed by atoms with E-state index in [0.717, 1.165) is 19.3 Å². The van der Waals surface area contributed by atoms with Crippen LogP contribution in [0.2, 0.25) is 0 Å². The Kier molecular flexibility index (Phi) is 6.76. The van der Waals surface area contributed by atoms with E-state index >= 15 is 0 Å². The van der Waals surface area contributed by atoms with Gasteiger partial charge >= 0.3 is 12.0 Å². The van der Waals surface area contributed by atoms with Crippen LogP contribution in [0.3, 0.4) is 0 Å². The molecule has 112 valence electrons. The van der Waals surface area contributed by atoms with Gasteiger partial charge in [-0.15, -0.1) is 0 Å². The minimum atomic E-state index is -0.620. The zero-order valence-electron chi connectivity index (χ0n) is 12.0. The van der Waals surface area contributed by atoms with Crippen LogP contribution in [0, 0.1) is 5.92 Å². The van der Waals surface area contributed by atoms with Gasteiger partial charge in [0.1, 0.15) is 0 Å². The molecule has 2 N–H and O–H groups in total. The summed E-state index contributed by atoms with van der Waals surface area (Å²) in [7, 11) is 0. The van der Waals surface area contributed by atoms with Gasteiger partial charge in [-0.1, -0.05) is 19.1 Å². The molecule has 0 radical (unpaired) electrons. The lowest BCUT2D eigenvalue weighted by Gasteiger charge is -2.16. The molecule has 0 aromatic rings. The Morgan fingerprint density at radius 2 is 2.10 bits per heavy atom. The fourth-order valence-corrected chi connectivity index (χ4v) is 1.79. The van der Waals surface area contributed by atoms with E-state index in [4.69, 9.17) is 4.74 Å². The number of amides is 3. The first-order valence-corrected chi connectivity index (χ1v) is 6.95. The molecule has 0 spiro atoms. The number of ether oxygens (including phenoxy) is 1. The van der Waals surface area contributed by atoms with E-state index in [-0.39, 0.29) is 17.9 Å². The molecule has 0 heterocycles. The standard InChI is InChI=1S/C14H22N2O4/c1-3-10(2)15-14(19)16-12(17)9-20-13(18)11-7-5-4-6-8-11/h4-5,10-11H,3,6-9H2,1-2H3,(H2,15,16,17,19)/t10-,11+/m1/s1. The van der Waals surface area contributed by atoms with Crippen molar-refractivity contribution in [3.63, 3.8) is 0 Å². The molecule has 0 bridgehead atoms. The van der Waals surface area contributed by atoms with Crippen LogP contribution in [0.5, 0.6) is 0 Å². The Morgan fingerprint density at radius 3 is 2.70 bits per heavy atom. The van der Waals surface area contributed by atoms with Gasteiger partial charge < -0.3 is 10.1 Å². The predicted molar refractivity (Wildman–Crippen MR) is 73.9 cm³/mol. The van der Waals surface area contributed by atoms with Crippen molar-refractivity contribution in [2.75, 3.05) is 6.61 Å². The lowest BCUT2D eigenvalue weighted by molar-refractivity contribution is -0.152. The summed E-state index contributed by atoms with van der Waals surface area (Å²) in [6, 6.07) is -0.583. The van der Waals surface area contributed by atoms with Crippen molar-refractivity contribution in [3.05, 3.63) is 12.2 Å². The number of carbonyl (C=O) groups excluding carboxylic acids is 3. The molecule has 20 heavy (non-hydrogen) atoms. The molecule has 0 aromatic heterocycles. The van der Waals surface area contributed by atoms with E-state index in [2.05, 4.69) is 10.6 Å². The van der Waals surface area contributed by atoms with E-state index in [9.17, 15) is 14.4 Å². The van der Waals surface area contributed by atoms with Crippen molar-refractivity contribution >= 4 is 17.9 Å². The lowest BCUT2D eigenvalue weighted by atomic mass is 9.95. The predicted octanol–water partition coefficient (Wildman–Crippen LogP) is 1.51. The van der Waals surface area contributed by atoms with Gasteiger partial charge in [-0.25, -0.2) is 4.79 Å². The molecule has 1 rings (SSSR count). The van der Waals surface area contributed by atoms with Gasteiger partial charge in [-0.3, -0.25) is 14.9 Å². The number of nitrogens with one attached hydrogen (secondary N) is 2. The Bertz CT molecular complexity index is 393. The van der Waals surface area contributed by atoms with E-state index in [1.807, 2.05) is 26.0 Å². The summed E-state index contributed by atoms with van der Waals surface area (Å²) in [6.45, 7) is 3.33. The Hall–Kier alpha value is -1.85. The van der Waals surface area contributed by atoms with E-state index in [1.54, 1.807) is 0 Å². The van der Waals surface area contributed by atoms with E-state index in [0.29, 0.717) is 6.42 Å². The summed E-state index contributed by atoms with van der Waals surface area (Å²) in [4.78, 5) is 34.5. The molecule has 0 aliphatic heterocycles. The third kappa shape index (κ3) is 5.86. The summed E-state index contributed by atoms with van der Waals surface area (Å²) < 4.78 is 4.91. The highest BCUT2D eigenvalue weighted by atomic mass is 16.5. The fourth-order valence-electron chi connectivity index (χ4n) is 1.79. The fraction of sp³-hybridized carbons (Fsp3) is 0.643. The molecule has 0 fully saturated rings. The highest BCUT2D eigenvalue weighted by Gasteiger charge is 2.21. The maximum atomic E-state index is 11.7. The SMILES string of the molecule is CC[C@@H](C)NC(=O)NC(=O)COC(=O)[C@H]1CC=CCC1. The second-order valence-corrected chi connectivity index (χ2v) is 4.92. The van der Waals surface area contributed by atoms with Crippen LogP contribution >= 0.6 is 0 Å². The Morgan fingerprint density at radius 1 is 1.35 bits per heavy atom. The van der Waals surface area contributed by atoms with Gasteiger partial charge in [0, 0.05) is 6.04 Å². The quantitative estimate of drug-likeness (QED) is 0.591. The first-order valence-electron chi connectivity index (χ1n) is 6.95. The van der Waals surface area contributed by atoms with Gasteiger partial charge in [-0.05, 0) is 32.6 Å². The average molecular weight is 282 g/mol. The number of urea groups is 1. The van der Waals surface area contributed by atoms with Gasteiger partial charge in [0.15, 0.2) is 6.61 Å². The molecule has 1 aliphatic rings. The first-order chi connectivity index (χ1) is 9.52. The van der Waals surface area contributed by atoms with Crippen molar-refractivity contribution in [1.82, 2.24) is 10.6 Å². The number of allylic oxidation sites excluding steroid dienone is 2. The Labute approximate surface area is 118 Å². The molecule has 3 amide bonds. The van der Waals surface area contributed by atoms with Crippen LogP contribution in [0.4, 0.5) is 4.79 Å². The highest BCUT2D eigenvalue weighted by Crippen LogP contribution is 2.19. The first kappa shape index (κ1) is 16.2. The second kappa shape index (κ2) is 8.35. The van der Waals surface area contributed by atoms with Crippen molar-refractivity contribution < 1.29 is 19.1 Å². The minimum absolute atomic E-state index is 0.0145. The zero-order valence-corrected chi connectivity index (χ0v) is 12.0. The summed E-state index contributed by atoms with van der Waals surface area (Å²) in [6.07, 6.45) is 6.97. The van der Waals surface area contributed by atoms with Crippen LogP contribution in [0.1, 0.15) is 39.5 Å². The molecule has 0 unspecified atom stereocenters. The van der Waals surface area contributed by atoms with E-state index in [1.165, 1.54) is 0 Å². The molecule has 6 heteroatoms. The van der Waals surface area contributed by atoms with Crippen LogP contribution < -0.4 is 10.6 Å². The third-order valence-electron chi connectivity index (χ3n) is 3.19. The van der Waals surface area contributed by atoms with Crippen LogP contribution in [0.25, 0.3) is 0 Å². The Balaban J connectivity index is 2.23. The van der Waals surface area contributed by atoms with Crippen molar-refractivity contribution in [1.29, 1.82) is 0 Å². The minimum Gasteiger partial charge on any atom is -0.455 e. The highest BCUT2D eigenvalue weighted by molar-refractivity contribution is 5.95. The summed E-state index contributed by atoms with van der Waals surface area (Å²) in [5.74, 6) is -1.18. The largest absolute Gasteiger partial charge is 0.455 e. The summed E-state index contributed by atoms with van der Waals surface area (Å²) in [5.41, 5.74) is 0. The third-order valence-corrected chi connectivity index (χ3v) is 3.19. The summed E-state index contributed by atoms with van der Waals surface area (Å²) in [5, 5.41) is 4.71. The molecule has 0 saturated heterocycles. The smallest absolute Gasteiger partial charge is 0.321 e. The van der Waals surface area contributed by atoms with Gasteiger partial charge in [0.2, 0.25) is 0 Å². The van der Waals surface area contributed by atoms with Gasteiger partial charge in [0.05, 0.1) is 5.92 Å². The average Bonchev–Trinajstić information content (AvgIpc) is 2.45. The van der Waals surface area contributed by atoms with Crippen LogP contribution in [-0.4, -0.2) is 30.6 Å². The van der Waals surface area contributed by atoms with Crippen molar-refractivity contribution in [2.24, 2.45) is 5.92 Å². The lowest BCUT2D eigenvalue weighted by Crippen LogP contribution is -2.44. The van der Waals surface area contributed by atoms with Gasteiger partial charge in [-0.2, -0.15) is 0 Å². The number of hydrogen-bond acceptors (Lipinski definition) is 4. The molecule has 1 aliphatic carbocycles. The van der Waals surface area contributed by atoms with Gasteiger partial charge in [0.25, 0.3) is 5.91 Å². The zero-order chi connectivity index (χ0) is 15.0. The maximum absolute atomic E-state index is 11.7. The van der Waals surface area contributed by atoms with Crippen LogP contribution in [-0.2, 0) is 14.3 Å². The number of imide groups is 1. The van der Waals surface area contributed by atoms with Crippen LogP contribution in [0.15, 0.2) is 12.2 Å². The molecule has 0 saturated carbocycles. The molecule has 0 aromatic carbocycles. The van der Waals surface area contributed by atoms with Crippen molar-refractivity contribution in [3.8, 4) is 0 Å². The van der Waals surface area contributed by atoms with Crippen molar-refractivity contribution in [2.45, 2.75) is 45.6 Å². The normalized spacial score (nSPS) is 19.0. The number of carbonyl (C=O) groups is 3. The summed E-state index contributed by atoms with van der Waals surface area (Å²) >= 11 is 0. The van der Waals surface area contributed by atoms with E-state index < -0.39 is 18.5 Å². The molecular formula is C14H22N2O4. The number of hydrogen-bond donors (Lipinski definition) is 2. The monoisotopic (exact) mass is 282 g/mol. The number of esters is 1. The topological polar surface area (TPSA) is 84.5 Å². The molecular weight excluding hydrogens is 260 g/mol. The molecule has 6 nitrogen and oxygen atoms in total. The number of rotatable bonds is 5.